The molecule has 0 fully saturated rings. The maximum absolute atomic E-state index is 11.9. The van der Waals surface area contributed by atoms with E-state index in [0.29, 0.717) is 10.7 Å². The van der Waals surface area contributed by atoms with Crippen LogP contribution in [-0.4, -0.2) is 22.0 Å². The lowest BCUT2D eigenvalue weighted by Crippen LogP contribution is -2.13. The number of carbonyl (C=O) groups is 2. The molecule has 104 valence electrons. The van der Waals surface area contributed by atoms with Crippen LogP contribution in [0.25, 0.3) is 6.08 Å². The van der Waals surface area contributed by atoms with Gasteiger partial charge in [-0.25, -0.2) is 9.78 Å². The Hall–Kier alpha value is -2.98. The van der Waals surface area contributed by atoms with Crippen LogP contribution in [-0.2, 0) is 4.79 Å². The van der Waals surface area contributed by atoms with E-state index in [0.717, 1.165) is 0 Å². The number of hydrogen-bond acceptors (Lipinski definition) is 5. The molecule has 0 aliphatic rings. The zero-order valence-corrected chi connectivity index (χ0v) is 11.4. The largest absolute Gasteiger partial charge is 0.478 e. The van der Waals surface area contributed by atoms with E-state index in [1.54, 1.807) is 23.6 Å². The quantitative estimate of drug-likeness (QED) is 0.666. The minimum Gasteiger partial charge on any atom is -0.478 e. The number of benzene rings is 1. The number of carboxylic acid groups (broad SMARTS) is 1. The highest BCUT2D eigenvalue weighted by atomic mass is 32.1. The number of nitrogens with zero attached hydrogens (tertiary/aromatic N) is 2. The fraction of sp³-hybridized carbons (Fsp3) is 0. The Morgan fingerprint density at radius 3 is 2.86 bits per heavy atom. The molecule has 0 saturated carbocycles. The maximum Gasteiger partial charge on any atom is 0.335 e. The van der Waals surface area contributed by atoms with E-state index in [9.17, 15) is 9.59 Å². The van der Waals surface area contributed by atoms with Crippen LogP contribution in [0.1, 0.15) is 15.9 Å². The molecule has 2 N–H and O–H groups in total. The summed E-state index contributed by atoms with van der Waals surface area (Å²) < 4.78 is 0. The lowest BCUT2D eigenvalue weighted by atomic mass is 10.1. The first-order valence-corrected chi connectivity index (χ1v) is 6.64. The van der Waals surface area contributed by atoms with E-state index < -0.39 is 11.9 Å². The number of rotatable bonds is 4. The summed E-state index contributed by atoms with van der Waals surface area (Å²) in [4.78, 5) is 26.7. The molecule has 0 radical (unpaired) electrons. The number of thiazole rings is 1. The minimum atomic E-state index is -1.07. The van der Waals surface area contributed by atoms with Crippen molar-refractivity contribution in [1.82, 2.24) is 4.98 Å². The first-order chi connectivity index (χ1) is 10.1. The fourth-order valence-corrected chi connectivity index (χ4v) is 2.05. The predicted octanol–water partition coefficient (Wildman–Crippen LogP) is 2.39. The van der Waals surface area contributed by atoms with Crippen LogP contribution in [0.4, 0.5) is 5.13 Å². The Bertz CT molecular complexity index is 745. The van der Waals surface area contributed by atoms with E-state index in [4.69, 9.17) is 10.4 Å². The van der Waals surface area contributed by atoms with Crippen LogP contribution >= 0.6 is 11.3 Å². The van der Waals surface area contributed by atoms with Crippen LogP contribution < -0.4 is 5.32 Å². The second-order valence-electron chi connectivity index (χ2n) is 3.89. The molecule has 2 aromatic rings. The van der Waals surface area contributed by atoms with Gasteiger partial charge in [0.25, 0.3) is 5.91 Å². The van der Waals surface area contributed by atoms with Crippen molar-refractivity contribution in [2.45, 2.75) is 0 Å². The molecular formula is C14H9N3O3S. The first kappa shape index (κ1) is 14.4. The minimum absolute atomic E-state index is 0.0846. The lowest BCUT2D eigenvalue weighted by Gasteiger charge is -2.01. The molecule has 0 spiro atoms. The van der Waals surface area contributed by atoms with Crippen molar-refractivity contribution in [3.05, 3.63) is 52.5 Å². The topological polar surface area (TPSA) is 103 Å². The molecule has 0 aliphatic carbocycles. The molecule has 1 aromatic carbocycles. The van der Waals surface area contributed by atoms with Gasteiger partial charge in [0.1, 0.15) is 11.6 Å². The van der Waals surface area contributed by atoms with Crippen molar-refractivity contribution in [3.8, 4) is 6.07 Å². The number of nitrogens with one attached hydrogen (secondary N) is 1. The standard InChI is InChI=1S/C14H9N3O3S/c15-8-11(12(18)17-14-16-4-5-21-14)7-9-2-1-3-10(6-9)13(19)20/h1-7H,(H,19,20)(H,16,17,18). The molecule has 6 nitrogen and oxygen atoms in total. The fourth-order valence-electron chi connectivity index (χ4n) is 1.53. The Kier molecular flexibility index (Phi) is 4.43. The molecule has 2 rings (SSSR count). The van der Waals surface area contributed by atoms with Crippen LogP contribution in [0.5, 0.6) is 0 Å². The summed E-state index contributed by atoms with van der Waals surface area (Å²) in [7, 11) is 0. The van der Waals surface area contributed by atoms with Gasteiger partial charge in [0.05, 0.1) is 5.56 Å². The van der Waals surface area contributed by atoms with Gasteiger partial charge in [0.2, 0.25) is 0 Å². The molecule has 0 atom stereocenters. The summed E-state index contributed by atoms with van der Waals surface area (Å²) in [5.74, 6) is -1.66. The molecule has 0 bridgehead atoms. The third-order valence-corrected chi connectivity index (χ3v) is 3.15. The molecule has 0 saturated heterocycles. The average Bonchev–Trinajstić information content (AvgIpc) is 2.97. The highest BCUT2D eigenvalue weighted by Gasteiger charge is 2.11. The van der Waals surface area contributed by atoms with E-state index in [-0.39, 0.29) is 11.1 Å². The smallest absolute Gasteiger partial charge is 0.335 e. The van der Waals surface area contributed by atoms with E-state index in [1.165, 1.54) is 35.7 Å². The summed E-state index contributed by atoms with van der Waals surface area (Å²) in [6.07, 6.45) is 2.86. The Morgan fingerprint density at radius 2 is 2.24 bits per heavy atom. The number of anilines is 1. The highest BCUT2D eigenvalue weighted by Crippen LogP contribution is 2.14. The van der Waals surface area contributed by atoms with E-state index in [1.807, 2.05) is 0 Å². The van der Waals surface area contributed by atoms with Gasteiger partial charge in [0.15, 0.2) is 5.13 Å². The van der Waals surface area contributed by atoms with Gasteiger partial charge < -0.3 is 5.11 Å². The van der Waals surface area contributed by atoms with Crippen LogP contribution in [0.15, 0.2) is 41.4 Å². The second kappa shape index (κ2) is 6.45. The van der Waals surface area contributed by atoms with Crippen molar-refractivity contribution in [2.24, 2.45) is 0 Å². The zero-order valence-electron chi connectivity index (χ0n) is 10.6. The number of carbonyl (C=O) groups excluding carboxylic acids is 1. The van der Waals surface area contributed by atoms with Crippen molar-refractivity contribution in [3.63, 3.8) is 0 Å². The number of aromatic carboxylic acids is 1. The predicted molar refractivity (Wildman–Crippen MR) is 77.7 cm³/mol. The Labute approximate surface area is 124 Å². The van der Waals surface area contributed by atoms with Gasteiger partial charge in [-0.15, -0.1) is 11.3 Å². The third kappa shape index (κ3) is 3.75. The molecular weight excluding hydrogens is 290 g/mol. The van der Waals surface area contributed by atoms with Crippen LogP contribution in [0.3, 0.4) is 0 Å². The van der Waals surface area contributed by atoms with Crippen LogP contribution in [0.2, 0.25) is 0 Å². The van der Waals surface area contributed by atoms with Gasteiger partial charge in [-0.05, 0) is 23.8 Å². The van der Waals surface area contributed by atoms with Crippen LogP contribution in [0, 0.1) is 11.3 Å². The summed E-state index contributed by atoms with van der Waals surface area (Å²) >= 11 is 1.23. The summed E-state index contributed by atoms with van der Waals surface area (Å²) in [5, 5.41) is 22.5. The summed E-state index contributed by atoms with van der Waals surface area (Å²) in [6.45, 7) is 0. The van der Waals surface area contributed by atoms with Gasteiger partial charge >= 0.3 is 5.97 Å². The van der Waals surface area contributed by atoms with Gasteiger partial charge in [0, 0.05) is 11.6 Å². The number of nitriles is 1. The maximum atomic E-state index is 11.9. The van der Waals surface area contributed by atoms with Gasteiger partial charge in [-0.1, -0.05) is 12.1 Å². The van der Waals surface area contributed by atoms with Gasteiger partial charge in [-0.2, -0.15) is 5.26 Å². The van der Waals surface area contributed by atoms with Crippen molar-refractivity contribution < 1.29 is 14.7 Å². The average molecular weight is 299 g/mol. The summed E-state index contributed by atoms with van der Waals surface area (Å²) in [6, 6.07) is 7.76. The number of carboxylic acids is 1. The molecule has 1 heterocycles. The normalized spacial score (nSPS) is 10.7. The molecule has 21 heavy (non-hydrogen) atoms. The van der Waals surface area contributed by atoms with Crippen molar-refractivity contribution in [2.75, 3.05) is 5.32 Å². The number of aromatic nitrogens is 1. The van der Waals surface area contributed by atoms with Crippen molar-refractivity contribution >= 4 is 34.4 Å². The molecule has 0 aliphatic heterocycles. The third-order valence-electron chi connectivity index (χ3n) is 2.46. The molecule has 1 aromatic heterocycles. The SMILES string of the molecule is N#CC(=Cc1cccc(C(=O)O)c1)C(=O)Nc1nccs1. The lowest BCUT2D eigenvalue weighted by molar-refractivity contribution is -0.112. The number of amides is 1. The van der Waals surface area contributed by atoms with Gasteiger partial charge in [-0.3, -0.25) is 10.1 Å². The second-order valence-corrected chi connectivity index (χ2v) is 4.79. The Balaban J connectivity index is 2.24. The first-order valence-electron chi connectivity index (χ1n) is 5.76. The van der Waals surface area contributed by atoms with E-state index >= 15 is 0 Å². The molecule has 1 amide bonds. The summed E-state index contributed by atoms with van der Waals surface area (Å²) in [5.41, 5.74) is 0.412. The molecule has 0 unspecified atom stereocenters. The monoisotopic (exact) mass is 299 g/mol. The Morgan fingerprint density at radius 1 is 1.43 bits per heavy atom. The number of hydrogen-bond donors (Lipinski definition) is 2. The van der Waals surface area contributed by atoms with Crippen molar-refractivity contribution in [1.29, 1.82) is 5.26 Å². The highest BCUT2D eigenvalue weighted by molar-refractivity contribution is 7.13. The van der Waals surface area contributed by atoms with E-state index in [2.05, 4.69) is 10.3 Å². The molecule has 7 heteroatoms. The zero-order chi connectivity index (χ0) is 15.2.